The standard InChI is InChI=1S/C20H22N2O4/c1-25-16-9-7-15(8-10-16)22-17(11-12-19(22)23)20(24)21-13-14-5-3-4-6-18(14)26-2/h3-10,17H,11-13H2,1-2H3,(H,21,24). The number of anilines is 1. The molecule has 0 aliphatic carbocycles. The van der Waals surface area contributed by atoms with E-state index in [1.807, 2.05) is 24.3 Å². The number of nitrogens with one attached hydrogen (secondary N) is 1. The normalized spacial score (nSPS) is 16.5. The zero-order valence-electron chi connectivity index (χ0n) is 14.9. The molecule has 1 heterocycles. The molecule has 2 aromatic rings. The summed E-state index contributed by atoms with van der Waals surface area (Å²) in [5.74, 6) is 1.21. The largest absolute Gasteiger partial charge is 0.497 e. The van der Waals surface area contributed by atoms with E-state index in [1.165, 1.54) is 0 Å². The minimum Gasteiger partial charge on any atom is -0.497 e. The van der Waals surface area contributed by atoms with Crippen molar-refractivity contribution in [2.75, 3.05) is 19.1 Å². The highest BCUT2D eigenvalue weighted by Crippen LogP contribution is 2.28. The fourth-order valence-corrected chi connectivity index (χ4v) is 3.15. The number of rotatable bonds is 6. The number of hydrogen-bond acceptors (Lipinski definition) is 4. The average molecular weight is 354 g/mol. The van der Waals surface area contributed by atoms with Crippen LogP contribution in [0, 0.1) is 0 Å². The zero-order chi connectivity index (χ0) is 18.5. The van der Waals surface area contributed by atoms with Gasteiger partial charge in [0.25, 0.3) is 0 Å². The molecule has 1 fully saturated rings. The van der Waals surface area contributed by atoms with Gasteiger partial charge < -0.3 is 14.8 Å². The van der Waals surface area contributed by atoms with E-state index in [0.717, 1.165) is 11.3 Å². The third kappa shape index (κ3) is 3.64. The van der Waals surface area contributed by atoms with Crippen LogP contribution in [0.3, 0.4) is 0 Å². The smallest absolute Gasteiger partial charge is 0.243 e. The summed E-state index contributed by atoms with van der Waals surface area (Å²) in [6, 6.07) is 14.2. The van der Waals surface area contributed by atoms with Gasteiger partial charge in [0.05, 0.1) is 14.2 Å². The fraction of sp³-hybridized carbons (Fsp3) is 0.300. The summed E-state index contributed by atoms with van der Waals surface area (Å²) in [5.41, 5.74) is 1.59. The first-order valence-electron chi connectivity index (χ1n) is 8.49. The van der Waals surface area contributed by atoms with Gasteiger partial charge in [0.1, 0.15) is 17.5 Å². The first-order chi connectivity index (χ1) is 12.6. The zero-order valence-corrected chi connectivity index (χ0v) is 14.9. The predicted molar refractivity (Wildman–Crippen MR) is 98.3 cm³/mol. The first-order valence-corrected chi connectivity index (χ1v) is 8.49. The lowest BCUT2D eigenvalue weighted by Gasteiger charge is -2.24. The molecule has 26 heavy (non-hydrogen) atoms. The van der Waals surface area contributed by atoms with Crippen LogP contribution in [0.25, 0.3) is 0 Å². The SMILES string of the molecule is COc1ccc(N2C(=O)CCC2C(=O)NCc2ccccc2OC)cc1. The monoisotopic (exact) mass is 354 g/mol. The summed E-state index contributed by atoms with van der Waals surface area (Å²) in [6.45, 7) is 0.351. The molecule has 0 radical (unpaired) electrons. The molecule has 0 aromatic heterocycles. The third-order valence-electron chi connectivity index (χ3n) is 4.51. The Kier molecular flexibility index (Phi) is 5.41. The van der Waals surface area contributed by atoms with Gasteiger partial charge in [0.15, 0.2) is 0 Å². The van der Waals surface area contributed by atoms with Gasteiger partial charge in [-0.2, -0.15) is 0 Å². The number of hydrogen-bond donors (Lipinski definition) is 1. The summed E-state index contributed by atoms with van der Waals surface area (Å²) in [7, 11) is 3.19. The van der Waals surface area contributed by atoms with Gasteiger partial charge in [-0.05, 0) is 36.8 Å². The number of para-hydroxylation sites is 1. The molecule has 1 saturated heterocycles. The van der Waals surface area contributed by atoms with Crippen molar-refractivity contribution < 1.29 is 19.1 Å². The number of carbonyl (C=O) groups is 2. The lowest BCUT2D eigenvalue weighted by Crippen LogP contribution is -2.44. The lowest BCUT2D eigenvalue weighted by atomic mass is 10.1. The molecule has 1 N–H and O–H groups in total. The van der Waals surface area contributed by atoms with Gasteiger partial charge in [-0.1, -0.05) is 18.2 Å². The molecule has 0 bridgehead atoms. The molecule has 2 amide bonds. The van der Waals surface area contributed by atoms with Crippen molar-refractivity contribution in [1.29, 1.82) is 0 Å². The minimum atomic E-state index is -0.509. The van der Waals surface area contributed by atoms with Gasteiger partial charge in [-0.15, -0.1) is 0 Å². The van der Waals surface area contributed by atoms with E-state index in [1.54, 1.807) is 43.4 Å². The maximum absolute atomic E-state index is 12.7. The molecule has 1 unspecified atom stereocenters. The van der Waals surface area contributed by atoms with E-state index in [0.29, 0.717) is 30.8 Å². The van der Waals surface area contributed by atoms with Crippen LogP contribution in [0.5, 0.6) is 11.5 Å². The van der Waals surface area contributed by atoms with Crippen LogP contribution in [-0.4, -0.2) is 32.1 Å². The van der Waals surface area contributed by atoms with E-state index in [9.17, 15) is 9.59 Å². The Morgan fingerprint density at radius 2 is 1.85 bits per heavy atom. The topological polar surface area (TPSA) is 67.9 Å². The summed E-state index contributed by atoms with van der Waals surface area (Å²) in [5, 5.41) is 2.92. The molecule has 1 aliphatic rings. The molecule has 3 rings (SSSR count). The maximum atomic E-state index is 12.7. The molecular formula is C20H22N2O4. The summed E-state index contributed by atoms with van der Waals surface area (Å²) >= 11 is 0. The highest BCUT2D eigenvalue weighted by molar-refractivity contribution is 6.03. The number of benzene rings is 2. The number of carbonyl (C=O) groups excluding carboxylic acids is 2. The third-order valence-corrected chi connectivity index (χ3v) is 4.51. The van der Waals surface area contributed by atoms with E-state index < -0.39 is 6.04 Å². The van der Waals surface area contributed by atoms with Crippen LogP contribution in [-0.2, 0) is 16.1 Å². The van der Waals surface area contributed by atoms with E-state index in [4.69, 9.17) is 9.47 Å². The van der Waals surface area contributed by atoms with Crippen LogP contribution >= 0.6 is 0 Å². The second-order valence-corrected chi connectivity index (χ2v) is 6.05. The van der Waals surface area contributed by atoms with Crippen LogP contribution in [0.2, 0.25) is 0 Å². The van der Waals surface area contributed by atoms with Crippen LogP contribution < -0.4 is 19.7 Å². The number of methoxy groups -OCH3 is 2. The molecule has 136 valence electrons. The molecule has 2 aromatic carbocycles. The second-order valence-electron chi connectivity index (χ2n) is 6.05. The fourth-order valence-electron chi connectivity index (χ4n) is 3.15. The molecule has 6 heteroatoms. The Hall–Kier alpha value is -3.02. The van der Waals surface area contributed by atoms with E-state index >= 15 is 0 Å². The van der Waals surface area contributed by atoms with Crippen molar-refractivity contribution in [2.24, 2.45) is 0 Å². The van der Waals surface area contributed by atoms with E-state index in [2.05, 4.69) is 5.32 Å². The molecule has 0 spiro atoms. The lowest BCUT2D eigenvalue weighted by molar-refractivity contribution is -0.124. The highest BCUT2D eigenvalue weighted by atomic mass is 16.5. The molecule has 1 aliphatic heterocycles. The molecule has 0 saturated carbocycles. The summed E-state index contributed by atoms with van der Waals surface area (Å²) in [4.78, 5) is 26.6. The first kappa shape index (κ1) is 17.8. The van der Waals surface area contributed by atoms with Gasteiger partial charge in [0.2, 0.25) is 11.8 Å². The molecule has 1 atom stereocenters. The Morgan fingerprint density at radius 3 is 2.54 bits per heavy atom. The van der Waals surface area contributed by atoms with Crippen molar-refractivity contribution in [3.8, 4) is 11.5 Å². The van der Waals surface area contributed by atoms with Crippen LogP contribution in [0.4, 0.5) is 5.69 Å². The van der Waals surface area contributed by atoms with Gasteiger partial charge >= 0.3 is 0 Å². The van der Waals surface area contributed by atoms with Crippen LogP contribution in [0.1, 0.15) is 18.4 Å². The number of amides is 2. The Labute approximate surface area is 152 Å². The van der Waals surface area contributed by atoms with E-state index in [-0.39, 0.29) is 11.8 Å². The van der Waals surface area contributed by atoms with Gasteiger partial charge in [-0.3, -0.25) is 14.5 Å². The quantitative estimate of drug-likeness (QED) is 0.866. The molecule has 6 nitrogen and oxygen atoms in total. The van der Waals surface area contributed by atoms with Crippen molar-refractivity contribution in [1.82, 2.24) is 5.32 Å². The number of ether oxygens (including phenoxy) is 2. The van der Waals surface area contributed by atoms with Crippen LogP contribution in [0.15, 0.2) is 48.5 Å². The van der Waals surface area contributed by atoms with Gasteiger partial charge in [-0.25, -0.2) is 0 Å². The van der Waals surface area contributed by atoms with Crippen molar-refractivity contribution in [3.05, 3.63) is 54.1 Å². The second kappa shape index (κ2) is 7.91. The van der Waals surface area contributed by atoms with Crippen molar-refractivity contribution in [2.45, 2.75) is 25.4 Å². The maximum Gasteiger partial charge on any atom is 0.243 e. The Bertz CT molecular complexity index is 789. The summed E-state index contributed by atoms with van der Waals surface area (Å²) in [6.07, 6.45) is 0.862. The highest BCUT2D eigenvalue weighted by Gasteiger charge is 2.37. The summed E-state index contributed by atoms with van der Waals surface area (Å²) < 4.78 is 10.5. The van der Waals surface area contributed by atoms with Crippen molar-refractivity contribution in [3.63, 3.8) is 0 Å². The Balaban J connectivity index is 1.72. The predicted octanol–water partition coefficient (Wildman–Crippen LogP) is 2.52. The van der Waals surface area contributed by atoms with Gasteiger partial charge in [0, 0.05) is 24.2 Å². The number of nitrogens with zero attached hydrogens (tertiary/aromatic N) is 1. The minimum absolute atomic E-state index is 0.0485. The van der Waals surface area contributed by atoms with Crippen molar-refractivity contribution >= 4 is 17.5 Å². The average Bonchev–Trinajstić information content (AvgIpc) is 3.08. The molecular weight excluding hydrogens is 332 g/mol. The Morgan fingerprint density at radius 1 is 1.12 bits per heavy atom.